The Balaban J connectivity index is 3.94. The summed E-state index contributed by atoms with van der Waals surface area (Å²) < 4.78 is 5.23. The van der Waals surface area contributed by atoms with Crippen molar-refractivity contribution in [3.8, 4) is 0 Å². The summed E-state index contributed by atoms with van der Waals surface area (Å²) in [5.41, 5.74) is 5.70. The van der Waals surface area contributed by atoms with E-state index < -0.39 is 0 Å². The van der Waals surface area contributed by atoms with Crippen molar-refractivity contribution in [2.24, 2.45) is 17.6 Å². The molecular formula is C13H28N2O2. The molecule has 1 amide bonds. The molecule has 17 heavy (non-hydrogen) atoms. The fraction of sp³-hybridized carbons (Fsp3) is 0.923. The topological polar surface area (TPSA) is 55.6 Å². The van der Waals surface area contributed by atoms with E-state index in [4.69, 9.17) is 10.5 Å². The van der Waals surface area contributed by atoms with Gasteiger partial charge in [0.05, 0.1) is 6.61 Å². The van der Waals surface area contributed by atoms with Gasteiger partial charge in [0, 0.05) is 26.6 Å². The van der Waals surface area contributed by atoms with Crippen LogP contribution < -0.4 is 5.73 Å². The SMILES string of the molecule is CCOCCN(C)C(=O)C[C@@H](CN)CC(C)C. The second-order valence-electron chi connectivity index (χ2n) is 4.95. The molecular weight excluding hydrogens is 216 g/mol. The molecule has 1 atom stereocenters. The molecule has 102 valence electrons. The Bertz CT molecular complexity index is 208. The Morgan fingerprint density at radius 3 is 2.53 bits per heavy atom. The fourth-order valence-electron chi connectivity index (χ4n) is 1.80. The maximum Gasteiger partial charge on any atom is 0.222 e. The molecule has 0 saturated heterocycles. The van der Waals surface area contributed by atoms with E-state index >= 15 is 0 Å². The largest absolute Gasteiger partial charge is 0.380 e. The third kappa shape index (κ3) is 8.16. The van der Waals surface area contributed by atoms with Crippen LogP contribution in [0, 0.1) is 11.8 Å². The predicted octanol–water partition coefficient (Wildman–Crippen LogP) is 1.49. The molecule has 0 aromatic carbocycles. The number of likely N-dealkylation sites (N-methyl/N-ethyl adjacent to an activating group) is 1. The van der Waals surface area contributed by atoms with Gasteiger partial charge in [0.2, 0.25) is 5.91 Å². The number of nitrogens with two attached hydrogens (primary N) is 1. The molecule has 2 N–H and O–H groups in total. The van der Waals surface area contributed by atoms with Gasteiger partial charge in [0.1, 0.15) is 0 Å². The Kier molecular flexibility index (Phi) is 9.09. The molecule has 0 aromatic heterocycles. The van der Waals surface area contributed by atoms with Crippen molar-refractivity contribution in [2.75, 3.05) is 33.4 Å². The zero-order valence-corrected chi connectivity index (χ0v) is 11.7. The Morgan fingerprint density at radius 1 is 1.41 bits per heavy atom. The van der Waals surface area contributed by atoms with Crippen LogP contribution in [0.15, 0.2) is 0 Å². The number of nitrogens with zero attached hydrogens (tertiary/aromatic N) is 1. The van der Waals surface area contributed by atoms with Crippen molar-refractivity contribution in [3.63, 3.8) is 0 Å². The third-order valence-corrected chi connectivity index (χ3v) is 2.80. The maximum absolute atomic E-state index is 11.9. The average molecular weight is 244 g/mol. The van der Waals surface area contributed by atoms with Gasteiger partial charge in [-0.1, -0.05) is 13.8 Å². The van der Waals surface area contributed by atoms with Gasteiger partial charge in [-0.3, -0.25) is 4.79 Å². The minimum absolute atomic E-state index is 0.167. The standard InChI is InChI=1S/C13H28N2O2/c1-5-17-7-6-15(4)13(16)9-12(10-14)8-11(2)3/h11-12H,5-10,14H2,1-4H3/t12-/m0/s1. The predicted molar refractivity (Wildman–Crippen MR) is 70.7 cm³/mol. The average Bonchev–Trinajstić information content (AvgIpc) is 2.27. The summed E-state index contributed by atoms with van der Waals surface area (Å²) in [5.74, 6) is 1.06. The van der Waals surface area contributed by atoms with Crippen LogP contribution in [0.25, 0.3) is 0 Å². The molecule has 0 unspecified atom stereocenters. The molecule has 0 heterocycles. The molecule has 0 aliphatic carbocycles. The van der Waals surface area contributed by atoms with Crippen LogP contribution in [0.3, 0.4) is 0 Å². The third-order valence-electron chi connectivity index (χ3n) is 2.80. The lowest BCUT2D eigenvalue weighted by Gasteiger charge is -2.21. The quantitative estimate of drug-likeness (QED) is 0.625. The number of carbonyl (C=O) groups excluding carboxylic acids is 1. The molecule has 0 aromatic rings. The van der Waals surface area contributed by atoms with Crippen LogP contribution in [0.4, 0.5) is 0 Å². The Hall–Kier alpha value is -0.610. The summed E-state index contributed by atoms with van der Waals surface area (Å²) in [6.45, 7) is 8.82. The van der Waals surface area contributed by atoms with Crippen molar-refractivity contribution >= 4 is 5.91 Å². The number of amides is 1. The van der Waals surface area contributed by atoms with Crippen LogP contribution in [0.2, 0.25) is 0 Å². The van der Waals surface area contributed by atoms with E-state index in [-0.39, 0.29) is 5.91 Å². The van der Waals surface area contributed by atoms with Crippen LogP contribution in [-0.2, 0) is 9.53 Å². The highest BCUT2D eigenvalue weighted by Gasteiger charge is 2.16. The number of ether oxygens (including phenoxy) is 1. The van der Waals surface area contributed by atoms with Crippen molar-refractivity contribution in [1.82, 2.24) is 4.90 Å². The van der Waals surface area contributed by atoms with E-state index in [1.54, 1.807) is 4.90 Å². The van der Waals surface area contributed by atoms with E-state index in [9.17, 15) is 4.79 Å². The molecule has 4 nitrogen and oxygen atoms in total. The molecule has 0 rings (SSSR count). The Labute approximate surface area is 105 Å². The number of carbonyl (C=O) groups is 1. The highest BCUT2D eigenvalue weighted by molar-refractivity contribution is 5.76. The molecule has 0 radical (unpaired) electrons. The second kappa shape index (κ2) is 9.42. The molecule has 4 heteroatoms. The van der Waals surface area contributed by atoms with Gasteiger partial charge in [0.15, 0.2) is 0 Å². The van der Waals surface area contributed by atoms with Crippen LogP contribution in [0.5, 0.6) is 0 Å². The highest BCUT2D eigenvalue weighted by Crippen LogP contribution is 2.15. The molecule has 0 bridgehead atoms. The normalized spacial score (nSPS) is 12.8. The van der Waals surface area contributed by atoms with Gasteiger partial charge in [-0.2, -0.15) is 0 Å². The van der Waals surface area contributed by atoms with Crippen molar-refractivity contribution in [3.05, 3.63) is 0 Å². The van der Waals surface area contributed by atoms with E-state index in [0.29, 0.717) is 44.6 Å². The highest BCUT2D eigenvalue weighted by atomic mass is 16.5. The summed E-state index contributed by atoms with van der Waals surface area (Å²) in [6, 6.07) is 0. The zero-order valence-electron chi connectivity index (χ0n) is 11.7. The summed E-state index contributed by atoms with van der Waals surface area (Å²) in [4.78, 5) is 13.6. The second-order valence-corrected chi connectivity index (χ2v) is 4.95. The minimum atomic E-state index is 0.167. The first-order valence-corrected chi connectivity index (χ1v) is 6.53. The molecule has 0 saturated carbocycles. The summed E-state index contributed by atoms with van der Waals surface area (Å²) in [5, 5.41) is 0. The maximum atomic E-state index is 11.9. The minimum Gasteiger partial charge on any atom is -0.380 e. The van der Waals surface area contributed by atoms with Gasteiger partial charge < -0.3 is 15.4 Å². The zero-order chi connectivity index (χ0) is 13.3. The molecule has 0 aliphatic rings. The lowest BCUT2D eigenvalue weighted by molar-refractivity contribution is -0.131. The van der Waals surface area contributed by atoms with Crippen LogP contribution in [0.1, 0.15) is 33.6 Å². The van der Waals surface area contributed by atoms with Crippen molar-refractivity contribution in [2.45, 2.75) is 33.6 Å². The number of hydrogen-bond donors (Lipinski definition) is 1. The first-order valence-electron chi connectivity index (χ1n) is 6.53. The molecule has 0 aliphatic heterocycles. The lowest BCUT2D eigenvalue weighted by Crippen LogP contribution is -2.33. The van der Waals surface area contributed by atoms with Gasteiger partial charge in [-0.15, -0.1) is 0 Å². The number of hydrogen-bond acceptors (Lipinski definition) is 3. The summed E-state index contributed by atoms with van der Waals surface area (Å²) in [7, 11) is 1.82. The smallest absolute Gasteiger partial charge is 0.222 e. The molecule has 0 fully saturated rings. The van der Waals surface area contributed by atoms with Crippen molar-refractivity contribution < 1.29 is 9.53 Å². The first-order chi connectivity index (χ1) is 8.01. The lowest BCUT2D eigenvalue weighted by atomic mass is 9.94. The van der Waals surface area contributed by atoms with E-state index in [1.165, 1.54) is 0 Å². The van der Waals surface area contributed by atoms with Crippen molar-refractivity contribution in [1.29, 1.82) is 0 Å². The Morgan fingerprint density at radius 2 is 2.06 bits per heavy atom. The summed E-state index contributed by atoms with van der Waals surface area (Å²) >= 11 is 0. The number of rotatable bonds is 9. The fourth-order valence-corrected chi connectivity index (χ4v) is 1.80. The van der Waals surface area contributed by atoms with Gasteiger partial charge >= 0.3 is 0 Å². The summed E-state index contributed by atoms with van der Waals surface area (Å²) in [6.07, 6.45) is 1.57. The van der Waals surface area contributed by atoms with Gasteiger partial charge in [-0.25, -0.2) is 0 Å². The van der Waals surface area contributed by atoms with Gasteiger partial charge in [0.25, 0.3) is 0 Å². The molecule has 0 spiro atoms. The van der Waals surface area contributed by atoms with Gasteiger partial charge in [-0.05, 0) is 31.7 Å². The first kappa shape index (κ1) is 16.4. The van der Waals surface area contributed by atoms with E-state index in [1.807, 2.05) is 14.0 Å². The van der Waals surface area contributed by atoms with Crippen LogP contribution >= 0.6 is 0 Å². The monoisotopic (exact) mass is 244 g/mol. The van der Waals surface area contributed by atoms with Crippen LogP contribution in [-0.4, -0.2) is 44.2 Å². The van der Waals surface area contributed by atoms with E-state index in [2.05, 4.69) is 13.8 Å². The van der Waals surface area contributed by atoms with E-state index in [0.717, 1.165) is 6.42 Å².